The fraction of sp³-hybridized carbons (Fsp3) is 0.343. The van der Waals surface area contributed by atoms with Gasteiger partial charge in [0, 0.05) is 49.3 Å². The van der Waals surface area contributed by atoms with Crippen molar-refractivity contribution in [3.05, 3.63) is 190 Å². The van der Waals surface area contributed by atoms with Gasteiger partial charge >= 0.3 is 0 Å². The number of para-hydroxylation sites is 2. The summed E-state index contributed by atoms with van der Waals surface area (Å²) < 4.78 is 1.48. The van der Waals surface area contributed by atoms with Crippen LogP contribution >= 0.6 is 11.3 Å². The molecule has 1 aromatic heterocycles. The third-order valence-corrected chi connectivity index (χ3v) is 19.6. The standard InChI is InChI=1S/C70H76BN3S/c1-65(2,3)46-30-33-50(34-31-46)73-58-41-51(72(48-26-20-16-21-27-48)49-28-22-17-23-29-49)42-59-61(58)71(64-62(73)60-63(75-64)70(13,14)39-38-69(60,11)12)55-43-53-54(68(9,10)37-36-67(53,7)8)44-57(55)74(59)56-35-32-47(66(4,5)6)40-52(56)45-24-18-15-19-25-45/h15-35,40-44H,36-39H2,1-14H3. The Morgan fingerprint density at radius 1 is 0.467 bits per heavy atom. The molecule has 0 spiro atoms. The third-order valence-electron chi connectivity index (χ3n) is 18.0. The predicted molar refractivity (Wildman–Crippen MR) is 326 cm³/mol. The molecule has 8 aromatic rings. The van der Waals surface area contributed by atoms with Crippen molar-refractivity contribution in [3.63, 3.8) is 0 Å². The summed E-state index contributed by atoms with van der Waals surface area (Å²) in [5, 5.41) is 0. The molecule has 0 N–H and O–H groups in total. The molecule has 0 unspecified atom stereocenters. The van der Waals surface area contributed by atoms with E-state index in [1.54, 1.807) is 4.88 Å². The molecule has 0 radical (unpaired) electrons. The molecule has 7 aromatic carbocycles. The summed E-state index contributed by atoms with van der Waals surface area (Å²) in [5.74, 6) is 0. The molecule has 0 fully saturated rings. The number of benzene rings is 7. The van der Waals surface area contributed by atoms with Crippen molar-refractivity contribution in [1.29, 1.82) is 0 Å². The van der Waals surface area contributed by atoms with Gasteiger partial charge in [-0.3, -0.25) is 0 Å². The number of hydrogen-bond donors (Lipinski definition) is 0. The number of anilines is 9. The van der Waals surface area contributed by atoms with Crippen LogP contribution in [0, 0.1) is 0 Å². The van der Waals surface area contributed by atoms with Gasteiger partial charge < -0.3 is 14.7 Å². The zero-order valence-electron chi connectivity index (χ0n) is 47.2. The van der Waals surface area contributed by atoms with E-state index in [4.69, 9.17) is 0 Å². The zero-order chi connectivity index (χ0) is 52.8. The minimum atomic E-state index is -0.0497. The quantitative estimate of drug-likeness (QED) is 0.154. The van der Waals surface area contributed by atoms with E-state index in [2.05, 4.69) is 281 Å². The normalized spacial score (nSPS) is 17.6. The number of fused-ring (bicyclic) bond motifs is 7. The van der Waals surface area contributed by atoms with Crippen LogP contribution in [0.15, 0.2) is 158 Å². The molecule has 0 saturated heterocycles. The van der Waals surface area contributed by atoms with Gasteiger partial charge in [0.05, 0.1) is 17.1 Å². The smallest absolute Gasteiger partial charge is 0.264 e. The Kier molecular flexibility index (Phi) is 11.3. The fourth-order valence-corrected chi connectivity index (χ4v) is 15.0. The molecule has 12 rings (SSSR count). The first-order valence-electron chi connectivity index (χ1n) is 27.8. The van der Waals surface area contributed by atoms with E-state index in [9.17, 15) is 0 Å². The molecular weight excluding hydrogens is 926 g/mol. The average molecular weight is 1000 g/mol. The van der Waals surface area contributed by atoms with Gasteiger partial charge in [-0.15, -0.1) is 0 Å². The molecule has 2 aliphatic heterocycles. The van der Waals surface area contributed by atoms with Crippen LogP contribution in [0.1, 0.15) is 155 Å². The van der Waals surface area contributed by atoms with E-state index in [1.165, 1.54) is 88.8 Å². The molecule has 0 amide bonds. The Morgan fingerprint density at radius 3 is 1.55 bits per heavy atom. The van der Waals surface area contributed by atoms with Crippen LogP contribution in [0.25, 0.3) is 11.1 Å². The second kappa shape index (κ2) is 17.1. The highest BCUT2D eigenvalue weighted by Crippen LogP contribution is 2.58. The monoisotopic (exact) mass is 1000 g/mol. The van der Waals surface area contributed by atoms with Gasteiger partial charge in [-0.1, -0.05) is 188 Å². The van der Waals surface area contributed by atoms with E-state index in [0.29, 0.717) is 0 Å². The maximum absolute atomic E-state index is 2.74. The fourth-order valence-electron chi connectivity index (χ4n) is 13.2. The van der Waals surface area contributed by atoms with Gasteiger partial charge in [0.25, 0.3) is 6.71 Å². The van der Waals surface area contributed by atoms with Gasteiger partial charge in [0.1, 0.15) is 0 Å². The van der Waals surface area contributed by atoms with Crippen LogP contribution < -0.4 is 30.4 Å². The summed E-state index contributed by atoms with van der Waals surface area (Å²) in [6.45, 7) is 34.1. The maximum Gasteiger partial charge on any atom is 0.264 e. The Balaban J connectivity index is 1.28. The molecular formula is C70H76BN3S. The van der Waals surface area contributed by atoms with Crippen molar-refractivity contribution >= 4 is 84.9 Å². The Morgan fingerprint density at radius 2 is 0.973 bits per heavy atom. The summed E-state index contributed by atoms with van der Waals surface area (Å²) >= 11 is 2.13. The van der Waals surface area contributed by atoms with E-state index in [1.807, 2.05) is 0 Å². The first-order valence-corrected chi connectivity index (χ1v) is 28.6. The molecule has 380 valence electrons. The van der Waals surface area contributed by atoms with Crippen LogP contribution in [0.4, 0.5) is 51.2 Å². The van der Waals surface area contributed by atoms with Gasteiger partial charge in [0.15, 0.2) is 0 Å². The summed E-state index contributed by atoms with van der Waals surface area (Å²) in [6.07, 6.45) is 4.61. The van der Waals surface area contributed by atoms with Gasteiger partial charge in [0.2, 0.25) is 0 Å². The lowest BCUT2D eigenvalue weighted by Gasteiger charge is -2.48. The first kappa shape index (κ1) is 49.6. The molecule has 2 aliphatic carbocycles. The van der Waals surface area contributed by atoms with Crippen molar-refractivity contribution in [3.8, 4) is 11.1 Å². The van der Waals surface area contributed by atoms with E-state index < -0.39 is 0 Å². The second-order valence-corrected chi connectivity index (χ2v) is 28.2. The number of hydrogen-bond acceptors (Lipinski definition) is 4. The lowest BCUT2D eigenvalue weighted by Crippen LogP contribution is -2.61. The SMILES string of the molecule is CC(C)(C)c1ccc(N2c3cc(N(c4ccccc4)c4ccccc4)cc4c3B(c3cc5c(cc3N4c3ccc(C(C)(C)C)cc3-c3ccccc3)C(C)(C)CCC5(C)C)c3sc4c(c32)C(C)(C)CCC4(C)C)cc1. The number of nitrogens with zero attached hydrogens (tertiary/aromatic N) is 3. The Hall–Kier alpha value is -6.30. The van der Waals surface area contributed by atoms with Crippen LogP contribution in [-0.2, 0) is 32.5 Å². The van der Waals surface area contributed by atoms with E-state index in [0.717, 1.165) is 42.7 Å². The third kappa shape index (κ3) is 8.04. The predicted octanol–water partition coefficient (Wildman–Crippen LogP) is 18.3. The van der Waals surface area contributed by atoms with Crippen LogP contribution in [0.3, 0.4) is 0 Å². The molecule has 4 aliphatic rings. The Labute approximate surface area is 453 Å². The minimum absolute atomic E-state index is 0.000314. The van der Waals surface area contributed by atoms with Crippen molar-refractivity contribution in [2.24, 2.45) is 0 Å². The van der Waals surface area contributed by atoms with Gasteiger partial charge in [-0.05, 0) is 169 Å². The Bertz CT molecular complexity index is 3470. The van der Waals surface area contributed by atoms with Crippen molar-refractivity contribution in [2.75, 3.05) is 14.7 Å². The topological polar surface area (TPSA) is 9.72 Å². The minimum Gasteiger partial charge on any atom is -0.311 e. The van der Waals surface area contributed by atoms with Crippen LogP contribution in [-0.4, -0.2) is 6.71 Å². The van der Waals surface area contributed by atoms with Crippen molar-refractivity contribution in [2.45, 2.75) is 155 Å². The van der Waals surface area contributed by atoms with Crippen molar-refractivity contribution < 1.29 is 0 Å². The summed E-state index contributed by atoms with van der Waals surface area (Å²) in [7, 11) is 0. The largest absolute Gasteiger partial charge is 0.311 e. The summed E-state index contributed by atoms with van der Waals surface area (Å²) in [6, 6.07) is 60.8. The molecule has 3 nitrogen and oxygen atoms in total. The highest BCUT2D eigenvalue weighted by Gasteiger charge is 2.52. The van der Waals surface area contributed by atoms with Crippen LogP contribution in [0.2, 0.25) is 0 Å². The van der Waals surface area contributed by atoms with Crippen LogP contribution in [0.5, 0.6) is 0 Å². The molecule has 3 heterocycles. The van der Waals surface area contributed by atoms with E-state index in [-0.39, 0.29) is 39.2 Å². The highest BCUT2D eigenvalue weighted by atomic mass is 32.1. The van der Waals surface area contributed by atoms with Crippen molar-refractivity contribution in [1.82, 2.24) is 0 Å². The second-order valence-electron chi connectivity index (χ2n) is 27.2. The zero-order valence-corrected chi connectivity index (χ0v) is 48.0. The van der Waals surface area contributed by atoms with Gasteiger partial charge in [-0.25, -0.2) is 0 Å². The maximum atomic E-state index is 2.74. The molecule has 0 bridgehead atoms. The molecule has 0 atom stereocenters. The number of thiophene rings is 1. The number of rotatable bonds is 6. The summed E-state index contributed by atoms with van der Waals surface area (Å²) in [4.78, 5) is 9.51. The van der Waals surface area contributed by atoms with Gasteiger partial charge in [-0.2, -0.15) is 11.3 Å². The van der Waals surface area contributed by atoms with E-state index >= 15 is 0 Å². The highest BCUT2D eigenvalue weighted by molar-refractivity contribution is 7.29. The summed E-state index contributed by atoms with van der Waals surface area (Å²) in [5.41, 5.74) is 23.4. The average Bonchev–Trinajstić information content (AvgIpc) is 3.88. The molecule has 5 heteroatoms. The lowest BCUT2D eigenvalue weighted by atomic mass is 9.35. The molecule has 0 saturated carbocycles. The lowest BCUT2D eigenvalue weighted by molar-refractivity contribution is 0.332. The first-order chi connectivity index (χ1) is 35.4. The molecule has 75 heavy (non-hydrogen) atoms.